The molecule has 1 rings (SSSR count). The van der Waals surface area contributed by atoms with Crippen molar-refractivity contribution in [2.75, 3.05) is 18.9 Å². The number of hydrogen-bond acceptors (Lipinski definition) is 4. The summed E-state index contributed by atoms with van der Waals surface area (Å²) in [5.74, 6) is 2.34. The SMILES string of the molecule is C#CCOC(=O)c1ccc(OCCCCC)c(N)c1. The molecule has 1 aromatic rings. The molecular weight excluding hydrogens is 242 g/mol. The Labute approximate surface area is 113 Å². The molecule has 0 aliphatic carbocycles. The fourth-order valence-corrected chi connectivity index (χ4v) is 1.53. The van der Waals surface area contributed by atoms with E-state index < -0.39 is 5.97 Å². The largest absolute Gasteiger partial charge is 0.491 e. The van der Waals surface area contributed by atoms with E-state index in [9.17, 15) is 4.79 Å². The second-order valence-corrected chi connectivity index (χ2v) is 4.09. The second-order valence-electron chi connectivity index (χ2n) is 4.09. The molecule has 4 heteroatoms. The molecule has 0 saturated carbocycles. The van der Waals surface area contributed by atoms with Crippen LogP contribution < -0.4 is 10.5 Å². The van der Waals surface area contributed by atoms with Crippen molar-refractivity contribution in [1.29, 1.82) is 0 Å². The number of carbonyl (C=O) groups is 1. The minimum Gasteiger partial charge on any atom is -0.491 e. The molecule has 0 unspecified atom stereocenters. The second kappa shape index (κ2) is 8.04. The van der Waals surface area contributed by atoms with Crippen LogP contribution in [-0.2, 0) is 4.74 Å². The summed E-state index contributed by atoms with van der Waals surface area (Å²) in [5.41, 5.74) is 6.62. The lowest BCUT2D eigenvalue weighted by molar-refractivity contribution is 0.0557. The van der Waals surface area contributed by atoms with Crippen LogP contribution in [0.2, 0.25) is 0 Å². The van der Waals surface area contributed by atoms with Crippen LogP contribution in [0.1, 0.15) is 36.5 Å². The molecule has 0 spiro atoms. The first kappa shape index (κ1) is 14.9. The molecule has 0 aliphatic rings. The molecule has 0 aromatic heterocycles. The number of benzene rings is 1. The highest BCUT2D eigenvalue weighted by molar-refractivity contribution is 5.91. The number of hydrogen-bond donors (Lipinski definition) is 1. The molecule has 0 radical (unpaired) electrons. The molecule has 0 heterocycles. The van der Waals surface area contributed by atoms with Crippen molar-refractivity contribution in [3.05, 3.63) is 23.8 Å². The molecule has 0 bridgehead atoms. The van der Waals surface area contributed by atoms with Crippen LogP contribution in [0.3, 0.4) is 0 Å². The van der Waals surface area contributed by atoms with Gasteiger partial charge in [-0.3, -0.25) is 0 Å². The molecule has 0 saturated heterocycles. The molecule has 0 fully saturated rings. The smallest absolute Gasteiger partial charge is 0.339 e. The van der Waals surface area contributed by atoms with Crippen LogP contribution in [0, 0.1) is 12.3 Å². The molecule has 102 valence electrons. The lowest BCUT2D eigenvalue weighted by atomic mass is 10.2. The number of ether oxygens (including phenoxy) is 2. The molecule has 0 amide bonds. The topological polar surface area (TPSA) is 61.5 Å². The number of anilines is 1. The normalized spacial score (nSPS) is 9.68. The zero-order valence-corrected chi connectivity index (χ0v) is 11.1. The van der Waals surface area contributed by atoms with Gasteiger partial charge >= 0.3 is 5.97 Å². The first-order chi connectivity index (χ1) is 9.19. The molecule has 4 nitrogen and oxygen atoms in total. The molecule has 19 heavy (non-hydrogen) atoms. The number of rotatable bonds is 7. The third-order valence-corrected chi connectivity index (χ3v) is 2.54. The summed E-state index contributed by atoms with van der Waals surface area (Å²) < 4.78 is 10.4. The summed E-state index contributed by atoms with van der Waals surface area (Å²) in [5, 5.41) is 0. The van der Waals surface area contributed by atoms with Gasteiger partial charge in [-0.2, -0.15) is 0 Å². The highest BCUT2D eigenvalue weighted by Gasteiger charge is 2.09. The zero-order chi connectivity index (χ0) is 14.1. The summed E-state index contributed by atoms with van der Waals surface area (Å²) in [6, 6.07) is 4.83. The fraction of sp³-hybridized carbons (Fsp3) is 0.400. The maximum atomic E-state index is 11.6. The Morgan fingerprint density at radius 2 is 2.21 bits per heavy atom. The van der Waals surface area contributed by atoms with E-state index in [4.69, 9.17) is 21.6 Å². The number of nitrogens with two attached hydrogens (primary N) is 1. The Morgan fingerprint density at radius 1 is 1.42 bits per heavy atom. The number of terminal acetylenes is 1. The van der Waals surface area contributed by atoms with Crippen molar-refractivity contribution in [2.24, 2.45) is 0 Å². The van der Waals surface area contributed by atoms with E-state index in [1.165, 1.54) is 6.07 Å². The average molecular weight is 261 g/mol. The zero-order valence-electron chi connectivity index (χ0n) is 11.1. The van der Waals surface area contributed by atoms with Crippen LogP contribution in [0.5, 0.6) is 5.75 Å². The maximum absolute atomic E-state index is 11.6. The van der Waals surface area contributed by atoms with Gasteiger partial charge in [0.2, 0.25) is 0 Å². The van der Waals surface area contributed by atoms with E-state index >= 15 is 0 Å². The molecule has 2 N–H and O–H groups in total. The number of carbonyl (C=O) groups excluding carboxylic acids is 1. The van der Waals surface area contributed by atoms with Gasteiger partial charge < -0.3 is 15.2 Å². The number of nitrogen functional groups attached to an aromatic ring is 1. The predicted molar refractivity (Wildman–Crippen MR) is 75.0 cm³/mol. The van der Waals surface area contributed by atoms with E-state index in [1.807, 2.05) is 0 Å². The minimum absolute atomic E-state index is 0.0476. The van der Waals surface area contributed by atoms with Gasteiger partial charge in [0.1, 0.15) is 5.75 Å². The van der Waals surface area contributed by atoms with E-state index in [0.717, 1.165) is 19.3 Å². The number of esters is 1. The average Bonchev–Trinajstić information content (AvgIpc) is 2.42. The third-order valence-electron chi connectivity index (χ3n) is 2.54. The van der Waals surface area contributed by atoms with E-state index in [2.05, 4.69) is 12.8 Å². The van der Waals surface area contributed by atoms with Gasteiger partial charge in [-0.05, 0) is 24.6 Å². The Kier molecular flexibility index (Phi) is 6.31. The first-order valence-electron chi connectivity index (χ1n) is 6.32. The number of unbranched alkanes of at least 4 members (excludes halogenated alkanes) is 2. The third kappa shape index (κ3) is 4.92. The van der Waals surface area contributed by atoms with Gasteiger partial charge in [0.05, 0.1) is 17.9 Å². The monoisotopic (exact) mass is 261 g/mol. The van der Waals surface area contributed by atoms with Gasteiger partial charge in [-0.15, -0.1) is 6.42 Å². The summed E-state index contributed by atoms with van der Waals surface area (Å²) in [4.78, 5) is 11.6. The highest BCUT2D eigenvalue weighted by Crippen LogP contribution is 2.23. The quantitative estimate of drug-likeness (QED) is 0.355. The highest BCUT2D eigenvalue weighted by atomic mass is 16.5. The summed E-state index contributed by atoms with van der Waals surface area (Å²) >= 11 is 0. The predicted octanol–water partition coefficient (Wildman–Crippen LogP) is 2.63. The van der Waals surface area contributed by atoms with Crippen molar-refractivity contribution < 1.29 is 14.3 Å². The van der Waals surface area contributed by atoms with E-state index in [1.54, 1.807) is 12.1 Å². The fourth-order valence-electron chi connectivity index (χ4n) is 1.53. The summed E-state index contributed by atoms with van der Waals surface area (Å²) in [6.45, 7) is 2.71. The Bertz CT molecular complexity index is 463. The van der Waals surface area contributed by atoms with Crippen molar-refractivity contribution in [2.45, 2.75) is 26.2 Å². The van der Waals surface area contributed by atoms with Crippen molar-refractivity contribution >= 4 is 11.7 Å². The van der Waals surface area contributed by atoms with E-state index in [0.29, 0.717) is 23.6 Å². The van der Waals surface area contributed by atoms with Crippen LogP contribution >= 0.6 is 0 Å². The van der Waals surface area contributed by atoms with Crippen LogP contribution in [0.15, 0.2) is 18.2 Å². The summed E-state index contributed by atoms with van der Waals surface area (Å²) in [7, 11) is 0. The van der Waals surface area contributed by atoms with Gasteiger partial charge in [0.15, 0.2) is 6.61 Å². The molecular formula is C15H19NO3. The molecule has 1 aromatic carbocycles. The Balaban J connectivity index is 2.59. The van der Waals surface area contributed by atoms with Crippen molar-refractivity contribution in [1.82, 2.24) is 0 Å². The lowest BCUT2D eigenvalue weighted by Gasteiger charge is -2.09. The first-order valence-corrected chi connectivity index (χ1v) is 6.32. The minimum atomic E-state index is -0.484. The van der Waals surface area contributed by atoms with Crippen molar-refractivity contribution in [3.63, 3.8) is 0 Å². The van der Waals surface area contributed by atoms with Crippen molar-refractivity contribution in [3.8, 4) is 18.1 Å². The van der Waals surface area contributed by atoms with Crippen LogP contribution in [-0.4, -0.2) is 19.2 Å². The summed E-state index contributed by atoms with van der Waals surface area (Å²) in [6.07, 6.45) is 8.26. The van der Waals surface area contributed by atoms with Crippen LogP contribution in [0.25, 0.3) is 0 Å². The van der Waals surface area contributed by atoms with Gasteiger partial charge in [0.25, 0.3) is 0 Å². The Hall–Kier alpha value is -2.15. The Morgan fingerprint density at radius 3 is 2.84 bits per heavy atom. The maximum Gasteiger partial charge on any atom is 0.339 e. The van der Waals surface area contributed by atoms with Crippen LogP contribution in [0.4, 0.5) is 5.69 Å². The van der Waals surface area contributed by atoms with E-state index in [-0.39, 0.29) is 6.61 Å². The van der Waals surface area contributed by atoms with Gasteiger partial charge in [-0.25, -0.2) is 4.79 Å². The molecule has 0 atom stereocenters. The lowest BCUT2D eigenvalue weighted by Crippen LogP contribution is -2.07. The standard InChI is InChI=1S/C15H19NO3/c1-3-5-6-10-18-14-8-7-12(11-13(14)16)15(17)19-9-4-2/h2,7-8,11H,3,5-6,9-10,16H2,1H3. The molecule has 0 aliphatic heterocycles. The van der Waals surface area contributed by atoms with Gasteiger partial charge in [-0.1, -0.05) is 25.7 Å². The van der Waals surface area contributed by atoms with Gasteiger partial charge in [0, 0.05) is 0 Å².